The quantitative estimate of drug-likeness (QED) is 0.542. The van der Waals surface area contributed by atoms with Crippen molar-refractivity contribution >= 4 is 28.2 Å². The van der Waals surface area contributed by atoms with E-state index in [9.17, 15) is 9.90 Å². The van der Waals surface area contributed by atoms with Crippen LogP contribution in [-0.4, -0.2) is 32.0 Å². The Kier molecular flexibility index (Phi) is 5.17. The van der Waals surface area contributed by atoms with Crippen molar-refractivity contribution in [1.82, 2.24) is 14.2 Å². The minimum atomic E-state index is -0.847. The zero-order valence-electron chi connectivity index (χ0n) is 15.4. The Balaban J connectivity index is 1.57. The Morgan fingerprint density at radius 1 is 1.18 bits per heavy atom. The molecule has 0 fully saturated rings. The van der Waals surface area contributed by atoms with Gasteiger partial charge in [0.1, 0.15) is 5.65 Å². The molecule has 0 aliphatic rings. The van der Waals surface area contributed by atoms with Gasteiger partial charge in [0.2, 0.25) is 0 Å². The monoisotopic (exact) mass is 397 g/mol. The molecule has 0 radical (unpaired) electrons. The average Bonchev–Trinajstić information content (AvgIpc) is 3.08. The van der Waals surface area contributed by atoms with Crippen molar-refractivity contribution in [3.8, 4) is 0 Å². The molecule has 0 saturated heterocycles. The highest BCUT2D eigenvalue weighted by Crippen LogP contribution is 2.17. The third-order valence-corrected chi connectivity index (χ3v) is 4.98. The summed E-state index contributed by atoms with van der Waals surface area (Å²) in [6.45, 7) is 2.37. The second-order valence-corrected chi connectivity index (χ2v) is 7.16. The molecule has 0 bridgehead atoms. The number of ether oxygens (including phenoxy) is 1. The topological polar surface area (TPSA) is 68.8 Å². The number of para-hydroxylation sites is 1. The molecule has 0 aliphatic heterocycles. The number of nitrogens with zero attached hydrogens (tertiary/aromatic N) is 3. The van der Waals surface area contributed by atoms with Crippen molar-refractivity contribution in [2.24, 2.45) is 0 Å². The highest BCUT2D eigenvalue weighted by atomic mass is 35.5. The number of aromatic nitrogens is 3. The minimum Gasteiger partial charge on any atom is -0.389 e. The van der Waals surface area contributed by atoms with Crippen LogP contribution >= 0.6 is 11.6 Å². The van der Waals surface area contributed by atoms with Gasteiger partial charge in [-0.25, -0.2) is 4.52 Å². The fourth-order valence-corrected chi connectivity index (χ4v) is 3.49. The first-order valence-corrected chi connectivity index (χ1v) is 9.39. The lowest BCUT2D eigenvalue weighted by Gasteiger charge is -2.15. The lowest BCUT2D eigenvalue weighted by molar-refractivity contribution is 0.0204. The van der Waals surface area contributed by atoms with Crippen LogP contribution < -0.4 is 5.56 Å². The lowest BCUT2D eigenvalue weighted by atomic mass is 10.2. The smallest absolute Gasteiger partial charge is 0.261 e. The van der Waals surface area contributed by atoms with Crippen LogP contribution in [0.15, 0.2) is 59.4 Å². The molecule has 1 atom stereocenters. The zero-order valence-corrected chi connectivity index (χ0v) is 16.1. The van der Waals surface area contributed by atoms with Crippen molar-refractivity contribution in [1.29, 1.82) is 0 Å². The van der Waals surface area contributed by atoms with Crippen LogP contribution in [0.4, 0.5) is 0 Å². The van der Waals surface area contributed by atoms with Crippen LogP contribution in [0.2, 0.25) is 5.02 Å². The second-order valence-electron chi connectivity index (χ2n) is 6.75. The molecule has 0 aliphatic carbocycles. The summed E-state index contributed by atoms with van der Waals surface area (Å²) in [6, 6.07) is 16.6. The van der Waals surface area contributed by atoms with Crippen molar-refractivity contribution in [2.45, 2.75) is 26.2 Å². The second kappa shape index (κ2) is 7.75. The molecule has 2 heterocycles. The Bertz CT molecular complexity index is 1200. The van der Waals surface area contributed by atoms with Gasteiger partial charge >= 0.3 is 0 Å². The molecular formula is C21H20ClN3O3. The molecule has 28 heavy (non-hydrogen) atoms. The Morgan fingerprint density at radius 2 is 1.93 bits per heavy atom. The predicted octanol–water partition coefficient (Wildman–Crippen LogP) is 3.19. The summed E-state index contributed by atoms with van der Waals surface area (Å²) in [5, 5.41) is 16.1. The standard InChI is InChI=1S/C21H20ClN3O3/c1-14-10-20-24(21(27)17-7-3-5-9-19(17)25(20)23-14)11-16(26)13-28-12-15-6-2-4-8-18(15)22/h2-10,16,26H,11-13H2,1H3. The fraction of sp³-hybridized carbons (Fsp3) is 0.238. The van der Waals surface area contributed by atoms with Crippen LogP contribution in [0.25, 0.3) is 16.6 Å². The van der Waals surface area contributed by atoms with Gasteiger partial charge in [-0.2, -0.15) is 5.10 Å². The average molecular weight is 398 g/mol. The Morgan fingerprint density at radius 3 is 2.75 bits per heavy atom. The van der Waals surface area contributed by atoms with Gasteiger partial charge < -0.3 is 9.84 Å². The summed E-state index contributed by atoms with van der Waals surface area (Å²) in [5.74, 6) is 0. The van der Waals surface area contributed by atoms with E-state index in [1.54, 1.807) is 21.2 Å². The van der Waals surface area contributed by atoms with E-state index in [0.717, 1.165) is 16.8 Å². The number of rotatable bonds is 6. The molecule has 7 heteroatoms. The lowest BCUT2D eigenvalue weighted by Crippen LogP contribution is -2.30. The highest BCUT2D eigenvalue weighted by molar-refractivity contribution is 6.31. The van der Waals surface area contributed by atoms with Gasteiger partial charge in [-0.05, 0) is 30.7 Å². The van der Waals surface area contributed by atoms with Crippen LogP contribution in [0.5, 0.6) is 0 Å². The van der Waals surface area contributed by atoms with E-state index in [-0.39, 0.29) is 18.7 Å². The first kappa shape index (κ1) is 18.7. The van der Waals surface area contributed by atoms with E-state index in [0.29, 0.717) is 22.7 Å². The van der Waals surface area contributed by atoms with Gasteiger partial charge in [0.15, 0.2) is 0 Å². The number of benzene rings is 2. The fourth-order valence-electron chi connectivity index (χ4n) is 3.30. The number of aliphatic hydroxyl groups excluding tert-OH is 1. The molecule has 4 rings (SSSR count). The zero-order chi connectivity index (χ0) is 19.7. The van der Waals surface area contributed by atoms with Gasteiger partial charge in [0.05, 0.1) is 42.5 Å². The van der Waals surface area contributed by atoms with Crippen molar-refractivity contribution in [2.75, 3.05) is 6.61 Å². The molecule has 0 saturated carbocycles. The van der Waals surface area contributed by atoms with Crippen molar-refractivity contribution < 1.29 is 9.84 Å². The Labute approximate surface area is 166 Å². The molecule has 1 unspecified atom stereocenters. The van der Waals surface area contributed by atoms with E-state index in [1.807, 2.05) is 49.4 Å². The molecular weight excluding hydrogens is 378 g/mol. The van der Waals surface area contributed by atoms with Gasteiger partial charge in [-0.1, -0.05) is 41.9 Å². The summed E-state index contributed by atoms with van der Waals surface area (Å²) in [6.07, 6.45) is -0.847. The van der Waals surface area contributed by atoms with Crippen molar-refractivity contribution in [3.05, 3.63) is 81.2 Å². The molecule has 0 spiro atoms. The summed E-state index contributed by atoms with van der Waals surface area (Å²) >= 11 is 6.12. The maximum Gasteiger partial charge on any atom is 0.261 e. The highest BCUT2D eigenvalue weighted by Gasteiger charge is 2.15. The van der Waals surface area contributed by atoms with Gasteiger partial charge in [-0.15, -0.1) is 0 Å². The third kappa shape index (κ3) is 3.54. The molecule has 2 aromatic heterocycles. The molecule has 144 valence electrons. The molecule has 4 aromatic rings. The maximum absolute atomic E-state index is 13.0. The Hall–Kier alpha value is -2.67. The summed E-state index contributed by atoms with van der Waals surface area (Å²) in [5.41, 5.74) is 2.89. The van der Waals surface area contributed by atoms with Crippen LogP contribution in [0.3, 0.4) is 0 Å². The number of fused-ring (bicyclic) bond motifs is 3. The minimum absolute atomic E-state index is 0.0871. The molecule has 0 amide bonds. The normalized spacial score (nSPS) is 12.7. The van der Waals surface area contributed by atoms with Gasteiger partial charge in [0, 0.05) is 11.1 Å². The van der Waals surface area contributed by atoms with E-state index in [2.05, 4.69) is 5.10 Å². The predicted molar refractivity (Wildman–Crippen MR) is 109 cm³/mol. The number of hydrogen-bond acceptors (Lipinski definition) is 4. The van der Waals surface area contributed by atoms with Crippen LogP contribution in [0, 0.1) is 6.92 Å². The SMILES string of the molecule is Cc1cc2n(CC(O)COCc3ccccc3Cl)c(=O)c3ccccc3n2n1. The molecule has 2 aromatic carbocycles. The number of aliphatic hydroxyl groups is 1. The van der Waals surface area contributed by atoms with Crippen molar-refractivity contribution in [3.63, 3.8) is 0 Å². The number of halogens is 1. The summed E-state index contributed by atoms with van der Waals surface area (Å²) in [7, 11) is 0. The third-order valence-electron chi connectivity index (χ3n) is 4.62. The van der Waals surface area contributed by atoms with E-state index in [4.69, 9.17) is 16.3 Å². The number of hydrogen-bond donors (Lipinski definition) is 1. The van der Waals surface area contributed by atoms with Crippen LogP contribution in [0.1, 0.15) is 11.3 Å². The molecule has 1 N–H and O–H groups in total. The summed E-state index contributed by atoms with van der Waals surface area (Å²) in [4.78, 5) is 13.0. The first-order valence-electron chi connectivity index (χ1n) is 9.02. The van der Waals surface area contributed by atoms with E-state index < -0.39 is 6.10 Å². The van der Waals surface area contributed by atoms with Crippen LogP contribution in [-0.2, 0) is 17.9 Å². The summed E-state index contributed by atoms with van der Waals surface area (Å²) < 4.78 is 8.89. The van der Waals surface area contributed by atoms with Gasteiger partial charge in [0.25, 0.3) is 5.56 Å². The van der Waals surface area contributed by atoms with E-state index in [1.165, 1.54) is 0 Å². The maximum atomic E-state index is 13.0. The first-order chi connectivity index (χ1) is 13.5. The number of aryl methyl sites for hydroxylation is 1. The van der Waals surface area contributed by atoms with E-state index >= 15 is 0 Å². The van der Waals surface area contributed by atoms with Gasteiger partial charge in [-0.3, -0.25) is 9.36 Å². The largest absolute Gasteiger partial charge is 0.389 e. The molecule has 6 nitrogen and oxygen atoms in total.